The minimum Gasteiger partial charge on any atom is -0.383 e. The maximum Gasteiger partial charge on any atom is 0.133 e. The van der Waals surface area contributed by atoms with Crippen molar-refractivity contribution in [3.8, 4) is 0 Å². The van der Waals surface area contributed by atoms with E-state index in [1.807, 2.05) is 19.9 Å². The van der Waals surface area contributed by atoms with E-state index in [1.165, 1.54) is 5.56 Å². The predicted octanol–water partition coefficient (Wildman–Crippen LogP) is 1.76. The molecule has 0 aliphatic carbocycles. The second-order valence-corrected chi connectivity index (χ2v) is 2.99. The molecule has 0 atom stereocenters. The van der Waals surface area contributed by atoms with Crippen molar-refractivity contribution >= 4 is 16.7 Å². The van der Waals surface area contributed by atoms with E-state index in [4.69, 9.17) is 5.73 Å². The van der Waals surface area contributed by atoms with Crippen LogP contribution in [-0.4, -0.2) is 9.97 Å². The average molecular weight is 161 g/mol. The van der Waals surface area contributed by atoms with E-state index in [2.05, 4.69) is 9.97 Å². The number of nitrogen functional groups attached to an aromatic ring is 1. The lowest BCUT2D eigenvalue weighted by Crippen LogP contribution is -1.89. The van der Waals surface area contributed by atoms with Gasteiger partial charge in [-0.2, -0.15) is 0 Å². The molecule has 0 aromatic carbocycles. The van der Waals surface area contributed by atoms with E-state index < -0.39 is 0 Å². The van der Waals surface area contributed by atoms with E-state index in [0.717, 1.165) is 16.6 Å². The molecule has 0 aliphatic heterocycles. The first-order chi connectivity index (χ1) is 5.70. The first kappa shape index (κ1) is 7.16. The van der Waals surface area contributed by atoms with Gasteiger partial charge >= 0.3 is 0 Å². The van der Waals surface area contributed by atoms with Crippen LogP contribution in [0.25, 0.3) is 10.9 Å². The molecule has 0 amide bonds. The summed E-state index contributed by atoms with van der Waals surface area (Å²) in [5.74, 6) is 0.606. The summed E-state index contributed by atoms with van der Waals surface area (Å²) in [6.45, 7) is 4.08. The molecule has 0 bridgehead atoms. The highest BCUT2D eigenvalue weighted by Gasteiger charge is 2.06. The molecule has 62 valence electrons. The first-order valence-electron chi connectivity index (χ1n) is 3.89. The minimum absolute atomic E-state index is 0.606. The van der Waals surface area contributed by atoms with Crippen molar-refractivity contribution in [3.63, 3.8) is 0 Å². The molecule has 2 aromatic heterocycles. The van der Waals surface area contributed by atoms with Crippen molar-refractivity contribution in [1.29, 1.82) is 0 Å². The highest BCUT2D eigenvalue weighted by Crippen LogP contribution is 2.24. The SMILES string of the molecule is Cc1[nH]c2ccnc(N)c2c1C. The Hall–Kier alpha value is -1.51. The third-order valence-electron chi connectivity index (χ3n) is 2.24. The smallest absolute Gasteiger partial charge is 0.133 e. The van der Waals surface area contributed by atoms with Gasteiger partial charge in [0, 0.05) is 17.3 Å². The summed E-state index contributed by atoms with van der Waals surface area (Å²) in [5.41, 5.74) is 9.15. The summed E-state index contributed by atoms with van der Waals surface area (Å²) in [7, 11) is 0. The van der Waals surface area contributed by atoms with E-state index in [9.17, 15) is 0 Å². The number of rotatable bonds is 0. The monoisotopic (exact) mass is 161 g/mol. The Morgan fingerprint density at radius 2 is 2.17 bits per heavy atom. The Labute approximate surface area is 70.6 Å². The first-order valence-corrected chi connectivity index (χ1v) is 3.89. The predicted molar refractivity (Wildman–Crippen MR) is 50.0 cm³/mol. The van der Waals surface area contributed by atoms with Gasteiger partial charge in [0.15, 0.2) is 0 Å². The zero-order valence-corrected chi connectivity index (χ0v) is 7.18. The molecule has 2 aromatic rings. The average Bonchev–Trinajstić information content (AvgIpc) is 2.29. The summed E-state index contributed by atoms with van der Waals surface area (Å²) < 4.78 is 0. The number of nitrogens with one attached hydrogen (secondary N) is 1. The Kier molecular flexibility index (Phi) is 1.33. The van der Waals surface area contributed by atoms with Gasteiger partial charge in [-0.15, -0.1) is 0 Å². The van der Waals surface area contributed by atoms with Crippen LogP contribution in [0, 0.1) is 13.8 Å². The molecule has 0 saturated heterocycles. The van der Waals surface area contributed by atoms with Crippen molar-refractivity contribution in [2.75, 3.05) is 5.73 Å². The largest absolute Gasteiger partial charge is 0.383 e. The molecule has 2 rings (SSSR count). The number of hydrogen-bond donors (Lipinski definition) is 2. The lowest BCUT2D eigenvalue weighted by atomic mass is 10.2. The number of fused-ring (bicyclic) bond motifs is 1. The van der Waals surface area contributed by atoms with Gasteiger partial charge in [0.2, 0.25) is 0 Å². The Morgan fingerprint density at radius 1 is 1.42 bits per heavy atom. The van der Waals surface area contributed by atoms with Crippen molar-refractivity contribution < 1.29 is 0 Å². The molecule has 0 unspecified atom stereocenters. The summed E-state index contributed by atoms with van der Waals surface area (Å²) >= 11 is 0. The molecule has 0 spiro atoms. The van der Waals surface area contributed by atoms with E-state index in [1.54, 1.807) is 6.20 Å². The zero-order valence-electron chi connectivity index (χ0n) is 7.18. The van der Waals surface area contributed by atoms with Gasteiger partial charge < -0.3 is 10.7 Å². The summed E-state index contributed by atoms with van der Waals surface area (Å²) in [4.78, 5) is 7.29. The van der Waals surface area contributed by atoms with Gasteiger partial charge in [-0.3, -0.25) is 0 Å². The highest BCUT2D eigenvalue weighted by molar-refractivity contribution is 5.92. The minimum atomic E-state index is 0.606. The molecule has 0 aliphatic rings. The molecule has 3 nitrogen and oxygen atoms in total. The van der Waals surface area contributed by atoms with Gasteiger partial charge in [-0.25, -0.2) is 4.98 Å². The number of H-pyrrole nitrogens is 1. The highest BCUT2D eigenvalue weighted by atomic mass is 14.8. The number of pyridine rings is 1. The number of aromatic nitrogens is 2. The standard InChI is InChI=1S/C9H11N3/c1-5-6(2)12-7-3-4-11-9(10)8(5)7/h3-4,12H,1-2H3,(H2,10,11). The zero-order chi connectivity index (χ0) is 8.72. The van der Waals surface area contributed by atoms with Crippen molar-refractivity contribution in [2.45, 2.75) is 13.8 Å². The fourth-order valence-electron chi connectivity index (χ4n) is 1.46. The van der Waals surface area contributed by atoms with Crippen LogP contribution in [0.15, 0.2) is 12.3 Å². The number of hydrogen-bond acceptors (Lipinski definition) is 2. The quantitative estimate of drug-likeness (QED) is 0.618. The maximum absolute atomic E-state index is 5.74. The van der Waals surface area contributed by atoms with Gasteiger partial charge in [-0.05, 0) is 25.5 Å². The van der Waals surface area contributed by atoms with Crippen LogP contribution in [0.5, 0.6) is 0 Å². The Bertz CT molecular complexity index is 429. The number of nitrogens with zero attached hydrogens (tertiary/aromatic N) is 1. The van der Waals surface area contributed by atoms with E-state index in [0.29, 0.717) is 5.82 Å². The van der Waals surface area contributed by atoms with Gasteiger partial charge in [0.05, 0.1) is 5.52 Å². The number of anilines is 1. The second kappa shape index (κ2) is 2.24. The van der Waals surface area contributed by atoms with E-state index >= 15 is 0 Å². The van der Waals surface area contributed by atoms with Crippen LogP contribution in [0.3, 0.4) is 0 Å². The molecule has 12 heavy (non-hydrogen) atoms. The van der Waals surface area contributed by atoms with Crippen LogP contribution in [0.2, 0.25) is 0 Å². The van der Waals surface area contributed by atoms with Crippen LogP contribution < -0.4 is 5.73 Å². The fraction of sp³-hybridized carbons (Fsp3) is 0.222. The summed E-state index contributed by atoms with van der Waals surface area (Å²) in [6, 6.07) is 1.94. The topological polar surface area (TPSA) is 54.7 Å². The Morgan fingerprint density at radius 3 is 2.83 bits per heavy atom. The van der Waals surface area contributed by atoms with Gasteiger partial charge in [0.25, 0.3) is 0 Å². The normalized spacial score (nSPS) is 10.8. The molecule has 3 N–H and O–H groups in total. The van der Waals surface area contributed by atoms with Crippen molar-refractivity contribution in [1.82, 2.24) is 9.97 Å². The van der Waals surface area contributed by atoms with Gasteiger partial charge in [-0.1, -0.05) is 0 Å². The summed E-state index contributed by atoms with van der Waals surface area (Å²) in [6.07, 6.45) is 1.72. The van der Waals surface area contributed by atoms with Crippen LogP contribution in [0.4, 0.5) is 5.82 Å². The number of nitrogens with two attached hydrogens (primary N) is 1. The van der Waals surface area contributed by atoms with Crippen LogP contribution >= 0.6 is 0 Å². The number of aromatic amines is 1. The fourth-order valence-corrected chi connectivity index (χ4v) is 1.46. The number of aryl methyl sites for hydroxylation is 2. The van der Waals surface area contributed by atoms with E-state index in [-0.39, 0.29) is 0 Å². The summed E-state index contributed by atoms with van der Waals surface area (Å²) in [5, 5.41) is 1.05. The second-order valence-electron chi connectivity index (χ2n) is 2.99. The molecule has 0 fully saturated rings. The molecule has 0 saturated carbocycles. The van der Waals surface area contributed by atoms with Crippen molar-refractivity contribution in [2.24, 2.45) is 0 Å². The Balaban J connectivity index is 2.97. The van der Waals surface area contributed by atoms with Gasteiger partial charge in [0.1, 0.15) is 5.82 Å². The third-order valence-corrected chi connectivity index (χ3v) is 2.24. The molecular weight excluding hydrogens is 150 g/mol. The van der Waals surface area contributed by atoms with Crippen molar-refractivity contribution in [3.05, 3.63) is 23.5 Å². The maximum atomic E-state index is 5.74. The lowest BCUT2D eigenvalue weighted by molar-refractivity contribution is 1.25. The molecular formula is C9H11N3. The molecule has 3 heteroatoms. The lowest BCUT2D eigenvalue weighted by Gasteiger charge is -1.94. The third kappa shape index (κ3) is 0.794. The van der Waals surface area contributed by atoms with Crippen LogP contribution in [-0.2, 0) is 0 Å². The van der Waals surface area contributed by atoms with Crippen LogP contribution in [0.1, 0.15) is 11.3 Å². The molecule has 2 heterocycles. The molecule has 0 radical (unpaired) electrons.